The molecule has 3 rings (SSSR count). The van der Waals surface area contributed by atoms with E-state index in [2.05, 4.69) is 9.97 Å². The number of pyridine rings is 1. The van der Waals surface area contributed by atoms with Gasteiger partial charge in [-0.15, -0.1) is 0 Å². The van der Waals surface area contributed by atoms with Gasteiger partial charge in [0.05, 0.1) is 18.4 Å². The molecule has 0 radical (unpaired) electrons. The smallest absolute Gasteiger partial charge is 0.348 e. The maximum atomic E-state index is 12.5. The summed E-state index contributed by atoms with van der Waals surface area (Å²) in [6.45, 7) is 5.40. The first-order valence-corrected chi connectivity index (χ1v) is 8.87. The van der Waals surface area contributed by atoms with Gasteiger partial charge in [-0.3, -0.25) is 14.3 Å². The van der Waals surface area contributed by atoms with Gasteiger partial charge < -0.3 is 9.64 Å². The average molecular weight is 356 g/mol. The fraction of sp³-hybridized carbons (Fsp3) is 0.474. The van der Waals surface area contributed by atoms with Gasteiger partial charge in [-0.1, -0.05) is 6.07 Å². The first kappa shape index (κ1) is 18.3. The van der Waals surface area contributed by atoms with Crippen molar-refractivity contribution in [3.8, 4) is 0 Å². The minimum atomic E-state index is -0.371. The molecule has 0 saturated carbocycles. The molecule has 0 bridgehead atoms. The number of piperidine rings is 1. The number of rotatable bonds is 5. The van der Waals surface area contributed by atoms with E-state index in [4.69, 9.17) is 4.74 Å². The van der Waals surface area contributed by atoms with Crippen molar-refractivity contribution in [3.63, 3.8) is 0 Å². The summed E-state index contributed by atoms with van der Waals surface area (Å²) >= 11 is 0. The molecule has 0 N–H and O–H groups in total. The standard InChI is InChI=1S/C19H24N4O3/c1-14-11-15(2)23(19(25)21-14)12-18(24)22-9-6-17(7-10-22)26-13-16-5-3-4-8-20-16/h3-5,8,11,17H,6-7,9-10,12-13H2,1-2H3. The zero-order chi connectivity index (χ0) is 18.5. The summed E-state index contributed by atoms with van der Waals surface area (Å²) in [5.74, 6) is -0.0518. The Hall–Kier alpha value is -2.54. The maximum Gasteiger partial charge on any atom is 0.348 e. The average Bonchev–Trinajstić information content (AvgIpc) is 2.64. The molecule has 1 aliphatic heterocycles. The highest BCUT2D eigenvalue weighted by atomic mass is 16.5. The van der Waals surface area contributed by atoms with Crippen LogP contribution in [0.1, 0.15) is 29.9 Å². The Morgan fingerprint density at radius 3 is 2.69 bits per heavy atom. The van der Waals surface area contributed by atoms with Crippen LogP contribution < -0.4 is 5.69 Å². The van der Waals surface area contributed by atoms with Crippen LogP contribution in [0, 0.1) is 13.8 Å². The van der Waals surface area contributed by atoms with Crippen LogP contribution in [-0.4, -0.2) is 44.5 Å². The maximum absolute atomic E-state index is 12.5. The third-order valence-corrected chi connectivity index (χ3v) is 4.63. The number of aryl methyl sites for hydroxylation is 2. The van der Waals surface area contributed by atoms with Gasteiger partial charge in [-0.05, 0) is 44.9 Å². The first-order chi connectivity index (χ1) is 12.5. The van der Waals surface area contributed by atoms with Crippen LogP contribution in [0.5, 0.6) is 0 Å². The number of nitrogens with zero attached hydrogens (tertiary/aromatic N) is 4. The molecule has 2 aromatic rings. The molecule has 3 heterocycles. The molecule has 1 saturated heterocycles. The molecule has 0 atom stereocenters. The molecule has 26 heavy (non-hydrogen) atoms. The van der Waals surface area contributed by atoms with E-state index in [0.717, 1.165) is 24.2 Å². The Kier molecular flexibility index (Phi) is 5.78. The van der Waals surface area contributed by atoms with Gasteiger partial charge in [0, 0.05) is 30.7 Å². The Balaban J connectivity index is 1.50. The summed E-state index contributed by atoms with van der Waals surface area (Å²) in [7, 11) is 0. The van der Waals surface area contributed by atoms with Gasteiger partial charge in [0.2, 0.25) is 5.91 Å². The third-order valence-electron chi connectivity index (χ3n) is 4.63. The van der Waals surface area contributed by atoms with Crippen molar-refractivity contribution in [3.05, 3.63) is 58.0 Å². The van der Waals surface area contributed by atoms with Crippen molar-refractivity contribution in [2.45, 2.75) is 45.9 Å². The van der Waals surface area contributed by atoms with Crippen LogP contribution in [0.3, 0.4) is 0 Å². The quantitative estimate of drug-likeness (QED) is 0.811. The zero-order valence-electron chi connectivity index (χ0n) is 15.2. The lowest BCUT2D eigenvalue weighted by molar-refractivity contribution is -0.134. The number of hydrogen-bond acceptors (Lipinski definition) is 5. The van der Waals surface area contributed by atoms with Crippen LogP contribution in [0.4, 0.5) is 0 Å². The summed E-state index contributed by atoms with van der Waals surface area (Å²) < 4.78 is 7.33. The first-order valence-electron chi connectivity index (χ1n) is 8.87. The van der Waals surface area contributed by atoms with Crippen molar-refractivity contribution in [2.24, 2.45) is 0 Å². The van der Waals surface area contributed by atoms with E-state index in [0.29, 0.717) is 25.4 Å². The van der Waals surface area contributed by atoms with E-state index in [1.165, 1.54) is 4.57 Å². The van der Waals surface area contributed by atoms with E-state index in [9.17, 15) is 9.59 Å². The van der Waals surface area contributed by atoms with E-state index >= 15 is 0 Å². The topological polar surface area (TPSA) is 77.3 Å². The van der Waals surface area contributed by atoms with Crippen LogP contribution in [-0.2, 0) is 22.7 Å². The Morgan fingerprint density at radius 2 is 2.04 bits per heavy atom. The summed E-state index contributed by atoms with van der Waals surface area (Å²) in [6.07, 6.45) is 3.47. The highest BCUT2D eigenvalue weighted by Gasteiger charge is 2.24. The predicted molar refractivity (Wildman–Crippen MR) is 96.6 cm³/mol. The molecule has 7 nitrogen and oxygen atoms in total. The molecular weight excluding hydrogens is 332 g/mol. The van der Waals surface area contributed by atoms with Crippen molar-refractivity contribution >= 4 is 5.91 Å². The SMILES string of the molecule is Cc1cc(C)n(CC(=O)N2CCC(OCc3ccccn3)CC2)c(=O)n1. The molecule has 138 valence electrons. The van der Waals surface area contributed by atoms with E-state index in [-0.39, 0.29) is 24.2 Å². The second kappa shape index (κ2) is 8.23. The van der Waals surface area contributed by atoms with Gasteiger partial charge in [0.25, 0.3) is 0 Å². The van der Waals surface area contributed by atoms with E-state index in [1.54, 1.807) is 18.0 Å². The Bertz CT molecular complexity index is 811. The molecule has 1 fully saturated rings. The van der Waals surface area contributed by atoms with Crippen LogP contribution >= 0.6 is 0 Å². The molecular formula is C19H24N4O3. The zero-order valence-corrected chi connectivity index (χ0v) is 15.2. The van der Waals surface area contributed by atoms with E-state index in [1.807, 2.05) is 31.2 Å². The van der Waals surface area contributed by atoms with Crippen molar-refractivity contribution in [1.29, 1.82) is 0 Å². The highest BCUT2D eigenvalue weighted by molar-refractivity contribution is 5.76. The minimum absolute atomic E-state index is 0.0391. The predicted octanol–water partition coefficient (Wildman–Crippen LogP) is 1.46. The molecule has 0 aliphatic carbocycles. The number of amides is 1. The lowest BCUT2D eigenvalue weighted by Crippen LogP contribution is -2.43. The molecule has 0 aromatic carbocycles. The van der Waals surface area contributed by atoms with Gasteiger partial charge in [-0.25, -0.2) is 4.79 Å². The van der Waals surface area contributed by atoms with Crippen LogP contribution in [0.2, 0.25) is 0 Å². The Labute approximate surface area is 152 Å². The highest BCUT2D eigenvalue weighted by Crippen LogP contribution is 2.15. The normalized spacial score (nSPS) is 15.2. The lowest BCUT2D eigenvalue weighted by atomic mass is 10.1. The fourth-order valence-electron chi connectivity index (χ4n) is 3.16. The monoisotopic (exact) mass is 356 g/mol. The minimum Gasteiger partial charge on any atom is -0.372 e. The number of ether oxygens (including phenoxy) is 1. The molecule has 0 spiro atoms. The summed E-state index contributed by atoms with van der Waals surface area (Å²) in [5, 5.41) is 0. The van der Waals surface area contributed by atoms with Crippen LogP contribution in [0.15, 0.2) is 35.3 Å². The van der Waals surface area contributed by atoms with Gasteiger partial charge in [0.15, 0.2) is 0 Å². The Morgan fingerprint density at radius 1 is 1.27 bits per heavy atom. The number of hydrogen-bond donors (Lipinski definition) is 0. The van der Waals surface area contributed by atoms with Crippen molar-refractivity contribution in [1.82, 2.24) is 19.4 Å². The summed E-state index contributed by atoms with van der Waals surface area (Å²) in [6, 6.07) is 7.57. The summed E-state index contributed by atoms with van der Waals surface area (Å²) in [4.78, 5) is 34.5. The second-order valence-corrected chi connectivity index (χ2v) is 6.62. The number of aromatic nitrogens is 3. The third kappa shape index (κ3) is 4.54. The molecule has 7 heteroatoms. The molecule has 1 aliphatic rings. The van der Waals surface area contributed by atoms with Crippen LogP contribution in [0.25, 0.3) is 0 Å². The number of carbonyl (C=O) groups is 1. The van der Waals surface area contributed by atoms with E-state index < -0.39 is 0 Å². The van der Waals surface area contributed by atoms with Gasteiger partial charge in [-0.2, -0.15) is 4.98 Å². The van der Waals surface area contributed by atoms with Gasteiger partial charge >= 0.3 is 5.69 Å². The molecule has 1 amide bonds. The fourth-order valence-corrected chi connectivity index (χ4v) is 3.16. The van der Waals surface area contributed by atoms with Crippen molar-refractivity contribution in [2.75, 3.05) is 13.1 Å². The van der Waals surface area contributed by atoms with Crippen molar-refractivity contribution < 1.29 is 9.53 Å². The second-order valence-electron chi connectivity index (χ2n) is 6.62. The number of carbonyl (C=O) groups excluding carboxylic acids is 1. The molecule has 0 unspecified atom stereocenters. The number of likely N-dealkylation sites (tertiary alicyclic amines) is 1. The molecule has 2 aromatic heterocycles. The summed E-state index contributed by atoms with van der Waals surface area (Å²) in [5.41, 5.74) is 1.96. The van der Waals surface area contributed by atoms with Gasteiger partial charge in [0.1, 0.15) is 6.54 Å². The largest absolute Gasteiger partial charge is 0.372 e. The lowest BCUT2D eigenvalue weighted by Gasteiger charge is -2.32.